The highest BCUT2D eigenvalue weighted by molar-refractivity contribution is 5.30. The van der Waals surface area contributed by atoms with Crippen LogP contribution in [-0.4, -0.2) is 0 Å². The molecule has 2 unspecified atom stereocenters. The van der Waals surface area contributed by atoms with Gasteiger partial charge in [-0.05, 0) is 54.9 Å². The molecule has 0 aliphatic heterocycles. The van der Waals surface area contributed by atoms with Crippen molar-refractivity contribution in [3.05, 3.63) is 71.0 Å². The van der Waals surface area contributed by atoms with Gasteiger partial charge in [-0.15, -0.1) is 0 Å². The smallest absolute Gasteiger partial charge is 0.123 e. The van der Waals surface area contributed by atoms with Crippen LogP contribution in [0.5, 0.6) is 0 Å². The Morgan fingerprint density at radius 3 is 2.33 bits per heavy atom. The van der Waals surface area contributed by atoms with Crippen LogP contribution < -0.4 is 0 Å². The molecule has 1 fully saturated rings. The van der Waals surface area contributed by atoms with E-state index in [2.05, 4.69) is 31.2 Å². The van der Waals surface area contributed by atoms with Gasteiger partial charge in [0.15, 0.2) is 0 Å². The molecule has 3 rings (SSSR count). The molecular weight excluding hydrogens is 223 g/mol. The maximum Gasteiger partial charge on any atom is 0.123 e. The molecular formula is C17H17F. The molecule has 0 bridgehead atoms. The van der Waals surface area contributed by atoms with Crippen LogP contribution in [-0.2, 0) is 6.42 Å². The molecule has 2 aromatic rings. The Kier molecular flexibility index (Phi) is 2.91. The predicted molar refractivity (Wildman–Crippen MR) is 72.1 cm³/mol. The van der Waals surface area contributed by atoms with Crippen LogP contribution in [0.1, 0.15) is 29.0 Å². The van der Waals surface area contributed by atoms with Crippen LogP contribution in [0.4, 0.5) is 4.39 Å². The minimum Gasteiger partial charge on any atom is -0.207 e. The Bertz CT molecular complexity index is 525. The number of aryl methyl sites for hydroxylation is 1. The molecule has 2 atom stereocenters. The van der Waals surface area contributed by atoms with Crippen LogP contribution in [0.15, 0.2) is 48.5 Å². The first-order valence-corrected chi connectivity index (χ1v) is 6.53. The van der Waals surface area contributed by atoms with Gasteiger partial charge in [0.2, 0.25) is 0 Å². The van der Waals surface area contributed by atoms with Gasteiger partial charge in [0.1, 0.15) is 5.82 Å². The van der Waals surface area contributed by atoms with Gasteiger partial charge in [-0.3, -0.25) is 0 Å². The SMILES string of the molecule is Cc1ccc(C2CC2Cc2ccc(F)cc2)cc1. The monoisotopic (exact) mass is 240 g/mol. The first-order valence-electron chi connectivity index (χ1n) is 6.53. The average molecular weight is 240 g/mol. The Labute approximate surface area is 107 Å². The summed E-state index contributed by atoms with van der Waals surface area (Å²) in [6, 6.07) is 15.8. The van der Waals surface area contributed by atoms with E-state index in [1.165, 1.54) is 23.1 Å². The number of hydrogen-bond acceptors (Lipinski definition) is 0. The molecule has 0 spiro atoms. The highest BCUT2D eigenvalue weighted by Crippen LogP contribution is 2.49. The predicted octanol–water partition coefficient (Wildman–Crippen LogP) is 4.48. The van der Waals surface area contributed by atoms with Gasteiger partial charge >= 0.3 is 0 Å². The van der Waals surface area contributed by atoms with E-state index in [4.69, 9.17) is 0 Å². The number of rotatable bonds is 3. The Morgan fingerprint density at radius 2 is 1.67 bits per heavy atom. The van der Waals surface area contributed by atoms with E-state index >= 15 is 0 Å². The van der Waals surface area contributed by atoms with E-state index in [1.54, 1.807) is 12.1 Å². The van der Waals surface area contributed by atoms with E-state index in [9.17, 15) is 4.39 Å². The van der Waals surface area contributed by atoms with Crippen LogP contribution in [0.3, 0.4) is 0 Å². The number of benzene rings is 2. The lowest BCUT2D eigenvalue weighted by molar-refractivity contribution is 0.626. The highest BCUT2D eigenvalue weighted by atomic mass is 19.1. The van der Waals surface area contributed by atoms with Crippen LogP contribution in [0.25, 0.3) is 0 Å². The third-order valence-corrected chi connectivity index (χ3v) is 3.84. The minimum absolute atomic E-state index is 0.148. The molecule has 1 heteroatoms. The van der Waals surface area contributed by atoms with E-state index in [1.807, 2.05) is 12.1 Å². The normalized spacial score (nSPS) is 21.9. The number of hydrogen-bond donors (Lipinski definition) is 0. The molecule has 1 saturated carbocycles. The second kappa shape index (κ2) is 4.56. The summed E-state index contributed by atoms with van der Waals surface area (Å²) in [5.41, 5.74) is 4.01. The van der Waals surface area contributed by atoms with Crippen molar-refractivity contribution < 1.29 is 4.39 Å². The van der Waals surface area contributed by atoms with Crippen LogP contribution in [0, 0.1) is 18.7 Å². The maximum atomic E-state index is 12.8. The van der Waals surface area contributed by atoms with Crippen molar-refractivity contribution in [2.75, 3.05) is 0 Å². The third-order valence-electron chi connectivity index (χ3n) is 3.84. The van der Waals surface area contributed by atoms with Gasteiger partial charge in [0, 0.05) is 0 Å². The fraction of sp³-hybridized carbons (Fsp3) is 0.294. The highest BCUT2D eigenvalue weighted by Gasteiger charge is 2.37. The zero-order valence-corrected chi connectivity index (χ0v) is 10.6. The summed E-state index contributed by atoms with van der Waals surface area (Å²) >= 11 is 0. The Balaban J connectivity index is 1.64. The van der Waals surface area contributed by atoms with Crippen molar-refractivity contribution >= 4 is 0 Å². The summed E-state index contributed by atoms with van der Waals surface area (Å²) in [5, 5.41) is 0. The molecule has 0 heterocycles. The molecule has 2 aromatic carbocycles. The van der Waals surface area contributed by atoms with Crippen molar-refractivity contribution in [1.82, 2.24) is 0 Å². The lowest BCUT2D eigenvalue weighted by Crippen LogP contribution is -1.90. The van der Waals surface area contributed by atoms with Gasteiger partial charge < -0.3 is 0 Å². The standard InChI is InChI=1S/C17H17F/c1-12-2-6-14(7-3-12)17-11-15(17)10-13-4-8-16(18)9-5-13/h2-9,15,17H,10-11H2,1H3. The summed E-state index contributed by atoms with van der Waals surface area (Å²) in [6.07, 6.45) is 2.33. The number of halogens is 1. The summed E-state index contributed by atoms with van der Waals surface area (Å²) < 4.78 is 12.8. The fourth-order valence-corrected chi connectivity index (χ4v) is 2.62. The zero-order chi connectivity index (χ0) is 12.5. The topological polar surface area (TPSA) is 0 Å². The van der Waals surface area contributed by atoms with Gasteiger partial charge in [-0.2, -0.15) is 0 Å². The molecule has 1 aliphatic carbocycles. The van der Waals surface area contributed by atoms with Crippen molar-refractivity contribution in [2.24, 2.45) is 5.92 Å². The van der Waals surface area contributed by atoms with E-state index in [-0.39, 0.29) is 5.82 Å². The van der Waals surface area contributed by atoms with Gasteiger partial charge in [-0.1, -0.05) is 42.0 Å². The first-order chi connectivity index (χ1) is 8.72. The summed E-state index contributed by atoms with van der Waals surface area (Å²) in [6.45, 7) is 2.12. The largest absolute Gasteiger partial charge is 0.207 e. The van der Waals surface area contributed by atoms with E-state index < -0.39 is 0 Å². The summed E-state index contributed by atoms with van der Waals surface area (Å²) in [5.74, 6) is 1.29. The second-order valence-electron chi connectivity index (χ2n) is 5.34. The first kappa shape index (κ1) is 11.5. The van der Waals surface area contributed by atoms with Crippen LogP contribution >= 0.6 is 0 Å². The average Bonchev–Trinajstić information content (AvgIpc) is 3.12. The van der Waals surface area contributed by atoms with E-state index in [0.717, 1.165) is 12.3 Å². The van der Waals surface area contributed by atoms with Crippen molar-refractivity contribution in [3.63, 3.8) is 0 Å². The maximum absolute atomic E-state index is 12.8. The summed E-state index contributed by atoms with van der Waals surface area (Å²) in [4.78, 5) is 0. The summed E-state index contributed by atoms with van der Waals surface area (Å²) in [7, 11) is 0. The molecule has 92 valence electrons. The van der Waals surface area contributed by atoms with E-state index in [0.29, 0.717) is 5.92 Å². The van der Waals surface area contributed by atoms with Crippen molar-refractivity contribution in [3.8, 4) is 0 Å². The molecule has 0 nitrogen and oxygen atoms in total. The van der Waals surface area contributed by atoms with Gasteiger partial charge in [0.25, 0.3) is 0 Å². The molecule has 18 heavy (non-hydrogen) atoms. The molecule has 0 saturated heterocycles. The van der Waals surface area contributed by atoms with Crippen molar-refractivity contribution in [1.29, 1.82) is 0 Å². The Morgan fingerprint density at radius 1 is 1.00 bits per heavy atom. The lowest BCUT2D eigenvalue weighted by atomic mass is 10.0. The quantitative estimate of drug-likeness (QED) is 0.742. The van der Waals surface area contributed by atoms with Crippen LogP contribution in [0.2, 0.25) is 0 Å². The lowest BCUT2D eigenvalue weighted by Gasteiger charge is -2.02. The minimum atomic E-state index is -0.148. The molecule has 0 aromatic heterocycles. The third kappa shape index (κ3) is 2.45. The molecule has 0 amide bonds. The Hall–Kier alpha value is -1.63. The molecule has 0 N–H and O–H groups in total. The molecule has 0 radical (unpaired) electrons. The fourth-order valence-electron chi connectivity index (χ4n) is 2.62. The van der Waals surface area contributed by atoms with Crippen molar-refractivity contribution in [2.45, 2.75) is 25.7 Å². The molecule has 1 aliphatic rings. The van der Waals surface area contributed by atoms with Gasteiger partial charge in [-0.25, -0.2) is 4.39 Å². The second-order valence-corrected chi connectivity index (χ2v) is 5.34. The van der Waals surface area contributed by atoms with Gasteiger partial charge in [0.05, 0.1) is 0 Å². The zero-order valence-electron chi connectivity index (χ0n) is 10.6.